The van der Waals surface area contributed by atoms with Crippen molar-refractivity contribution in [2.45, 2.75) is 111 Å². The number of unbranched alkanes of at least 4 members (excludes halogenated alkanes) is 4. The highest BCUT2D eigenvalue weighted by atomic mass is 16.6. The fourth-order valence-corrected chi connectivity index (χ4v) is 6.35. The summed E-state index contributed by atoms with van der Waals surface area (Å²) >= 11 is 0. The van der Waals surface area contributed by atoms with Crippen molar-refractivity contribution in [3.05, 3.63) is 47.4 Å². The van der Waals surface area contributed by atoms with Gasteiger partial charge in [0.1, 0.15) is 29.3 Å². The van der Waals surface area contributed by atoms with E-state index < -0.39 is 5.60 Å². The lowest BCUT2D eigenvalue weighted by Crippen LogP contribution is -2.32. The van der Waals surface area contributed by atoms with Crippen LogP contribution in [0.25, 0.3) is 11.5 Å². The summed E-state index contributed by atoms with van der Waals surface area (Å²) in [4.78, 5) is 42.3. The summed E-state index contributed by atoms with van der Waals surface area (Å²) < 4.78 is 7.24. The number of anilines is 2. The summed E-state index contributed by atoms with van der Waals surface area (Å²) in [6.45, 7) is 14.2. The Morgan fingerprint density at radius 3 is 2.64 bits per heavy atom. The first kappa shape index (κ1) is 34.3. The Labute approximate surface area is 278 Å². The molecule has 2 amide bonds. The number of nitrogens with zero attached hydrogens (tertiary/aromatic N) is 8. The van der Waals surface area contributed by atoms with E-state index in [-0.39, 0.29) is 12.0 Å². The van der Waals surface area contributed by atoms with Crippen LogP contribution in [0, 0.1) is 0 Å². The van der Waals surface area contributed by atoms with Gasteiger partial charge in [-0.25, -0.2) is 14.8 Å². The van der Waals surface area contributed by atoms with Crippen LogP contribution in [0.2, 0.25) is 0 Å². The van der Waals surface area contributed by atoms with Crippen LogP contribution in [0.3, 0.4) is 0 Å². The van der Waals surface area contributed by atoms with Crippen molar-refractivity contribution in [1.29, 1.82) is 0 Å². The molecule has 0 spiro atoms. The molecule has 12 nitrogen and oxygen atoms in total. The molecule has 0 aliphatic carbocycles. The van der Waals surface area contributed by atoms with Crippen molar-refractivity contribution in [2.24, 2.45) is 0 Å². The van der Waals surface area contributed by atoms with Crippen LogP contribution in [0.1, 0.15) is 101 Å². The molecule has 254 valence electrons. The smallest absolute Gasteiger partial charge is 0.407 e. The minimum atomic E-state index is -0.476. The van der Waals surface area contributed by atoms with Crippen molar-refractivity contribution < 1.29 is 14.3 Å². The summed E-state index contributed by atoms with van der Waals surface area (Å²) in [7, 11) is 2.13. The van der Waals surface area contributed by atoms with E-state index in [1.54, 1.807) is 11.2 Å². The van der Waals surface area contributed by atoms with Crippen molar-refractivity contribution in [2.75, 3.05) is 36.5 Å². The number of rotatable bonds is 14. The number of aromatic nitrogens is 5. The molecule has 5 rings (SSSR count). The predicted molar refractivity (Wildman–Crippen MR) is 183 cm³/mol. The number of carbonyl (C=O) groups excluding carboxylic acids is 2. The first-order valence-electron chi connectivity index (χ1n) is 17.2. The van der Waals surface area contributed by atoms with E-state index in [4.69, 9.17) is 14.7 Å². The number of nitrogens with one attached hydrogen (secondary N) is 1. The van der Waals surface area contributed by atoms with Crippen LogP contribution in [-0.2, 0) is 24.4 Å². The summed E-state index contributed by atoms with van der Waals surface area (Å²) in [5, 5.41) is 11.2. The highest BCUT2D eigenvalue weighted by Crippen LogP contribution is 2.34. The van der Waals surface area contributed by atoms with Crippen LogP contribution in [-0.4, -0.2) is 80.0 Å². The Kier molecular flexibility index (Phi) is 11.1. The van der Waals surface area contributed by atoms with Gasteiger partial charge in [0.15, 0.2) is 5.82 Å². The molecular formula is C35H51N9O3. The fourth-order valence-electron chi connectivity index (χ4n) is 6.35. The van der Waals surface area contributed by atoms with Gasteiger partial charge in [-0.15, -0.1) is 10.2 Å². The first-order valence-corrected chi connectivity index (χ1v) is 17.2. The SMILES string of the molecule is CCn1cnnc1-c1cccc(N2Cc3c(cc(N4CCC[C@H]4C)nc3CN(C)CCCCCCCNC(=O)OC(C)(C)C)C2=O)n1. The molecule has 1 N–H and O–H groups in total. The number of carbonyl (C=O) groups is 2. The second-order valence-corrected chi connectivity index (χ2v) is 13.8. The molecule has 5 heterocycles. The molecule has 47 heavy (non-hydrogen) atoms. The maximum Gasteiger partial charge on any atom is 0.407 e. The van der Waals surface area contributed by atoms with Crippen LogP contribution in [0.4, 0.5) is 16.4 Å². The second kappa shape index (κ2) is 15.2. The number of hydrogen-bond acceptors (Lipinski definition) is 9. The molecule has 0 unspecified atom stereocenters. The van der Waals surface area contributed by atoms with Gasteiger partial charge in [-0.2, -0.15) is 0 Å². The van der Waals surface area contributed by atoms with Crippen molar-refractivity contribution in [3.8, 4) is 11.5 Å². The number of alkyl carbamates (subject to hydrolysis) is 1. The molecule has 1 atom stereocenters. The fraction of sp³-hybridized carbons (Fsp3) is 0.600. The number of ether oxygens (including phenoxy) is 1. The molecule has 2 aliphatic rings. The normalized spacial score (nSPS) is 16.3. The van der Waals surface area contributed by atoms with Crippen molar-refractivity contribution in [3.63, 3.8) is 0 Å². The minimum absolute atomic E-state index is 0.0397. The van der Waals surface area contributed by atoms with E-state index in [1.165, 1.54) is 0 Å². The van der Waals surface area contributed by atoms with Gasteiger partial charge < -0.3 is 24.4 Å². The zero-order valence-corrected chi connectivity index (χ0v) is 29.0. The van der Waals surface area contributed by atoms with Crippen LogP contribution >= 0.6 is 0 Å². The van der Waals surface area contributed by atoms with Gasteiger partial charge in [0.05, 0.1) is 17.8 Å². The molecule has 0 saturated carbocycles. The van der Waals surface area contributed by atoms with Crippen LogP contribution < -0.4 is 15.1 Å². The number of fused-ring (bicyclic) bond motifs is 1. The third-order valence-corrected chi connectivity index (χ3v) is 8.84. The zero-order chi connectivity index (χ0) is 33.6. The standard InChI is InChI=1S/C35H51N9O3/c1-7-42-24-37-40-32(42)28-16-13-17-30(38-28)44-22-27-26(33(44)45)21-31(43-20-14-15-25(43)2)39-29(27)23-41(6)19-12-10-8-9-11-18-36-34(46)47-35(3,4)5/h13,16-17,21,24-25H,7-12,14-15,18-20,22-23H2,1-6H3,(H,36,46)/t25-/m1/s1. The van der Waals surface area contributed by atoms with Crippen molar-refractivity contribution in [1.82, 2.24) is 34.9 Å². The Balaban J connectivity index is 1.22. The molecule has 2 aliphatic heterocycles. The Bertz CT molecular complexity index is 1530. The molecule has 0 aromatic carbocycles. The average Bonchev–Trinajstić information content (AvgIpc) is 3.76. The van der Waals surface area contributed by atoms with Gasteiger partial charge in [0.25, 0.3) is 5.91 Å². The van der Waals surface area contributed by atoms with Crippen molar-refractivity contribution >= 4 is 23.6 Å². The number of aryl methyl sites for hydroxylation is 1. The third-order valence-electron chi connectivity index (χ3n) is 8.84. The van der Waals surface area contributed by atoms with E-state index in [1.807, 2.05) is 56.5 Å². The Hall–Kier alpha value is -4.06. The van der Waals surface area contributed by atoms with Crippen LogP contribution in [0.15, 0.2) is 30.6 Å². The molecule has 0 bridgehead atoms. The van der Waals surface area contributed by atoms with Crippen LogP contribution in [0.5, 0.6) is 0 Å². The van der Waals surface area contributed by atoms with Gasteiger partial charge in [-0.05, 0) is 92.1 Å². The van der Waals surface area contributed by atoms with Gasteiger partial charge >= 0.3 is 6.09 Å². The van der Waals surface area contributed by atoms with E-state index in [0.29, 0.717) is 43.0 Å². The van der Waals surface area contributed by atoms with Gasteiger partial charge in [0.2, 0.25) is 0 Å². The lowest BCUT2D eigenvalue weighted by Gasteiger charge is -2.25. The molecule has 3 aromatic rings. The Morgan fingerprint density at radius 1 is 1.11 bits per heavy atom. The second-order valence-electron chi connectivity index (χ2n) is 13.8. The third kappa shape index (κ3) is 8.65. The molecular weight excluding hydrogens is 594 g/mol. The molecule has 1 fully saturated rings. The summed E-state index contributed by atoms with van der Waals surface area (Å²) in [6, 6.07) is 8.11. The number of pyridine rings is 2. The number of hydrogen-bond donors (Lipinski definition) is 1. The van der Waals surface area contributed by atoms with E-state index in [0.717, 1.165) is 87.2 Å². The predicted octanol–water partition coefficient (Wildman–Crippen LogP) is 5.81. The minimum Gasteiger partial charge on any atom is -0.444 e. The largest absolute Gasteiger partial charge is 0.444 e. The molecule has 1 saturated heterocycles. The summed E-state index contributed by atoms with van der Waals surface area (Å²) in [5.74, 6) is 2.14. The first-order chi connectivity index (χ1) is 22.5. The average molecular weight is 646 g/mol. The molecule has 0 radical (unpaired) electrons. The monoisotopic (exact) mass is 645 g/mol. The van der Waals surface area contributed by atoms with Gasteiger partial charge in [-0.3, -0.25) is 9.69 Å². The van der Waals surface area contributed by atoms with E-state index in [9.17, 15) is 9.59 Å². The van der Waals surface area contributed by atoms with E-state index >= 15 is 0 Å². The summed E-state index contributed by atoms with van der Waals surface area (Å²) in [6.07, 6.45) is 8.92. The van der Waals surface area contributed by atoms with Gasteiger partial charge in [0, 0.05) is 37.8 Å². The van der Waals surface area contributed by atoms with Gasteiger partial charge in [-0.1, -0.05) is 25.3 Å². The maximum absolute atomic E-state index is 14.0. The highest BCUT2D eigenvalue weighted by Gasteiger charge is 2.35. The maximum atomic E-state index is 14.0. The topological polar surface area (TPSA) is 122 Å². The van der Waals surface area contributed by atoms with E-state index in [2.05, 4.69) is 39.3 Å². The number of amides is 2. The lowest BCUT2D eigenvalue weighted by atomic mass is 10.1. The molecule has 3 aromatic heterocycles. The highest BCUT2D eigenvalue weighted by molar-refractivity contribution is 6.10. The molecule has 12 heteroatoms. The Morgan fingerprint density at radius 2 is 1.89 bits per heavy atom. The zero-order valence-electron chi connectivity index (χ0n) is 29.0. The summed E-state index contributed by atoms with van der Waals surface area (Å²) in [5.41, 5.74) is 2.88. The quantitative estimate of drug-likeness (QED) is 0.217. The lowest BCUT2D eigenvalue weighted by molar-refractivity contribution is 0.0526.